The maximum atomic E-state index is 12.4. The van der Waals surface area contributed by atoms with Crippen molar-refractivity contribution in [1.29, 1.82) is 0 Å². The van der Waals surface area contributed by atoms with Gasteiger partial charge in [0.15, 0.2) is 0 Å². The number of anilines is 1. The first-order valence-corrected chi connectivity index (χ1v) is 10.2. The Kier molecular flexibility index (Phi) is 6.32. The van der Waals surface area contributed by atoms with Crippen LogP contribution < -0.4 is 16.0 Å². The number of rotatable bonds is 6. The fraction of sp³-hybridized carbons (Fsp3) is 0.524. The predicted octanol–water partition coefficient (Wildman–Crippen LogP) is 2.25. The highest BCUT2D eigenvalue weighted by atomic mass is 16.2. The molecule has 0 saturated carbocycles. The lowest BCUT2D eigenvalue weighted by Gasteiger charge is -2.39. The molecule has 0 aliphatic carbocycles. The first-order chi connectivity index (χ1) is 13.8. The normalized spacial score (nSPS) is 18.6. The molecule has 8 nitrogen and oxygen atoms in total. The first-order valence-electron chi connectivity index (χ1n) is 10.2. The van der Waals surface area contributed by atoms with E-state index in [4.69, 9.17) is 5.73 Å². The molecule has 2 aromatic rings. The summed E-state index contributed by atoms with van der Waals surface area (Å²) in [5.74, 6) is -0.111. The molecule has 0 spiro atoms. The second kappa shape index (κ2) is 8.73. The van der Waals surface area contributed by atoms with E-state index in [2.05, 4.69) is 15.6 Å². The Bertz CT molecular complexity index is 891. The molecule has 0 saturated heterocycles. The van der Waals surface area contributed by atoms with Crippen molar-refractivity contribution >= 4 is 17.5 Å². The van der Waals surface area contributed by atoms with Crippen molar-refractivity contribution in [3.8, 4) is 11.3 Å². The number of nitrogens with one attached hydrogen (secondary N) is 1. The van der Waals surface area contributed by atoms with Crippen LogP contribution in [0.1, 0.15) is 52.1 Å². The summed E-state index contributed by atoms with van der Waals surface area (Å²) in [7, 11) is 0. The zero-order valence-corrected chi connectivity index (χ0v) is 17.6. The number of hydrogen-bond acceptors (Lipinski definition) is 5. The van der Waals surface area contributed by atoms with Gasteiger partial charge in [0.1, 0.15) is 5.69 Å². The molecule has 2 atom stereocenters. The van der Waals surface area contributed by atoms with Gasteiger partial charge in [-0.05, 0) is 44.0 Å². The largest absolute Gasteiger partial charge is 0.349 e. The molecular formula is C21H30N6O2. The molecule has 8 heteroatoms. The second-order valence-electron chi connectivity index (χ2n) is 7.97. The standard InChI is InChI=1S/C21H30N6O2/c1-13(2)21(29)23-18-10-14(3)27(15(4)28)20-7-6-16(11-17(18)20)19-12-26(25-24-19)9-5-8-22/h6-7,11-14,18H,5,8-10,22H2,1-4H3,(H,23,29)/t14-,18+/m0/s1. The third kappa shape index (κ3) is 4.48. The van der Waals surface area contributed by atoms with Crippen LogP contribution in [0, 0.1) is 5.92 Å². The molecule has 29 heavy (non-hydrogen) atoms. The van der Waals surface area contributed by atoms with Gasteiger partial charge in [0.2, 0.25) is 11.8 Å². The maximum Gasteiger partial charge on any atom is 0.224 e. The number of hydrogen-bond donors (Lipinski definition) is 2. The Morgan fingerprint density at radius 2 is 2.10 bits per heavy atom. The number of carbonyl (C=O) groups is 2. The zero-order chi connectivity index (χ0) is 21.1. The fourth-order valence-corrected chi connectivity index (χ4v) is 3.77. The van der Waals surface area contributed by atoms with Crippen molar-refractivity contribution in [3.63, 3.8) is 0 Å². The van der Waals surface area contributed by atoms with Gasteiger partial charge in [-0.25, -0.2) is 0 Å². The van der Waals surface area contributed by atoms with E-state index < -0.39 is 0 Å². The van der Waals surface area contributed by atoms with Crippen LogP contribution in [0.3, 0.4) is 0 Å². The smallest absolute Gasteiger partial charge is 0.224 e. The van der Waals surface area contributed by atoms with Crippen molar-refractivity contribution in [2.45, 2.75) is 59.2 Å². The minimum absolute atomic E-state index is 0.000417. The second-order valence-corrected chi connectivity index (χ2v) is 7.97. The molecule has 0 radical (unpaired) electrons. The highest BCUT2D eigenvalue weighted by Crippen LogP contribution is 2.39. The van der Waals surface area contributed by atoms with E-state index in [9.17, 15) is 9.59 Å². The predicted molar refractivity (Wildman–Crippen MR) is 112 cm³/mol. The summed E-state index contributed by atoms with van der Waals surface area (Å²) < 4.78 is 1.78. The van der Waals surface area contributed by atoms with E-state index in [1.54, 1.807) is 16.5 Å². The molecule has 1 aliphatic rings. The van der Waals surface area contributed by atoms with Crippen molar-refractivity contribution in [2.75, 3.05) is 11.4 Å². The van der Waals surface area contributed by atoms with Crippen molar-refractivity contribution in [3.05, 3.63) is 30.0 Å². The molecule has 0 fully saturated rings. The number of nitrogens with zero attached hydrogens (tertiary/aromatic N) is 4. The van der Waals surface area contributed by atoms with Gasteiger partial charge in [0.05, 0.1) is 12.2 Å². The van der Waals surface area contributed by atoms with Gasteiger partial charge in [-0.3, -0.25) is 14.3 Å². The number of nitrogens with two attached hydrogens (primary N) is 1. The summed E-state index contributed by atoms with van der Waals surface area (Å²) in [6.07, 6.45) is 3.40. The van der Waals surface area contributed by atoms with E-state index in [-0.39, 0.29) is 29.8 Å². The lowest BCUT2D eigenvalue weighted by Crippen LogP contribution is -2.46. The Labute approximate surface area is 171 Å². The van der Waals surface area contributed by atoms with Crippen LogP contribution in [0.2, 0.25) is 0 Å². The van der Waals surface area contributed by atoms with Crippen LogP contribution in [-0.4, -0.2) is 39.4 Å². The van der Waals surface area contributed by atoms with Gasteiger partial charge in [-0.2, -0.15) is 0 Å². The summed E-state index contributed by atoms with van der Waals surface area (Å²) in [5.41, 5.74) is 9.00. The molecule has 156 valence electrons. The average molecular weight is 399 g/mol. The number of benzene rings is 1. The van der Waals surface area contributed by atoms with Crippen LogP contribution >= 0.6 is 0 Å². The number of fused-ring (bicyclic) bond motifs is 1. The van der Waals surface area contributed by atoms with Crippen molar-refractivity contribution in [1.82, 2.24) is 20.3 Å². The van der Waals surface area contributed by atoms with Crippen LogP contribution in [0.25, 0.3) is 11.3 Å². The molecule has 0 unspecified atom stereocenters. The third-order valence-corrected chi connectivity index (χ3v) is 5.29. The lowest BCUT2D eigenvalue weighted by atomic mass is 9.89. The molecule has 2 heterocycles. The zero-order valence-electron chi connectivity index (χ0n) is 17.6. The molecule has 3 N–H and O–H groups in total. The summed E-state index contributed by atoms with van der Waals surface area (Å²) in [4.78, 5) is 26.4. The Morgan fingerprint density at radius 1 is 1.34 bits per heavy atom. The number of aryl methyl sites for hydroxylation is 1. The van der Waals surface area contributed by atoms with Gasteiger partial charge < -0.3 is 16.0 Å². The quantitative estimate of drug-likeness (QED) is 0.776. The van der Waals surface area contributed by atoms with Crippen LogP contribution in [0.15, 0.2) is 24.4 Å². The molecular weight excluding hydrogens is 368 g/mol. The molecule has 3 rings (SSSR count). The highest BCUT2D eigenvalue weighted by molar-refractivity contribution is 5.94. The van der Waals surface area contributed by atoms with Gasteiger partial charge in [0.25, 0.3) is 0 Å². The Morgan fingerprint density at radius 3 is 2.76 bits per heavy atom. The maximum absolute atomic E-state index is 12.4. The average Bonchev–Trinajstić information content (AvgIpc) is 3.14. The Balaban J connectivity index is 1.99. The van der Waals surface area contributed by atoms with E-state index in [0.29, 0.717) is 13.0 Å². The van der Waals surface area contributed by atoms with Gasteiger partial charge in [-0.1, -0.05) is 25.1 Å². The minimum Gasteiger partial charge on any atom is -0.349 e. The van der Waals surface area contributed by atoms with E-state index in [0.717, 1.165) is 35.5 Å². The Hall–Kier alpha value is -2.74. The molecule has 1 aromatic heterocycles. The summed E-state index contributed by atoms with van der Waals surface area (Å²) in [6, 6.07) is 5.75. The molecule has 2 amide bonds. The van der Waals surface area contributed by atoms with Crippen molar-refractivity contribution in [2.24, 2.45) is 11.7 Å². The number of carbonyl (C=O) groups excluding carboxylic acids is 2. The third-order valence-electron chi connectivity index (χ3n) is 5.29. The van der Waals surface area contributed by atoms with Crippen LogP contribution in [0.4, 0.5) is 5.69 Å². The summed E-state index contributed by atoms with van der Waals surface area (Å²) >= 11 is 0. The first kappa shape index (κ1) is 21.0. The topological polar surface area (TPSA) is 106 Å². The summed E-state index contributed by atoms with van der Waals surface area (Å²) in [5, 5.41) is 11.6. The minimum atomic E-state index is -0.155. The highest BCUT2D eigenvalue weighted by Gasteiger charge is 2.33. The monoisotopic (exact) mass is 398 g/mol. The van der Waals surface area contributed by atoms with E-state index in [1.807, 2.05) is 45.2 Å². The van der Waals surface area contributed by atoms with Gasteiger partial charge in [0, 0.05) is 36.7 Å². The number of amides is 2. The van der Waals surface area contributed by atoms with E-state index in [1.165, 1.54) is 0 Å². The van der Waals surface area contributed by atoms with Gasteiger partial charge >= 0.3 is 0 Å². The van der Waals surface area contributed by atoms with Crippen LogP contribution in [0.5, 0.6) is 0 Å². The van der Waals surface area contributed by atoms with E-state index >= 15 is 0 Å². The fourth-order valence-electron chi connectivity index (χ4n) is 3.77. The van der Waals surface area contributed by atoms with Crippen molar-refractivity contribution < 1.29 is 9.59 Å². The molecule has 0 bridgehead atoms. The van der Waals surface area contributed by atoms with Gasteiger partial charge in [-0.15, -0.1) is 5.10 Å². The SMILES string of the molecule is CC(=O)N1c2ccc(-c3cn(CCCN)nn3)cc2[C@H](NC(=O)C(C)C)C[C@@H]1C. The molecule has 1 aliphatic heterocycles. The van der Waals surface area contributed by atoms with Crippen LogP contribution in [-0.2, 0) is 16.1 Å². The lowest BCUT2D eigenvalue weighted by molar-refractivity contribution is -0.124. The summed E-state index contributed by atoms with van der Waals surface area (Å²) in [6.45, 7) is 8.66. The molecule has 1 aromatic carbocycles. The number of aromatic nitrogens is 3.